The van der Waals surface area contributed by atoms with E-state index in [-0.39, 0.29) is 18.4 Å². The van der Waals surface area contributed by atoms with Crippen molar-refractivity contribution in [1.29, 1.82) is 0 Å². The number of amides is 3. The second kappa shape index (κ2) is 8.79. The Labute approximate surface area is 118 Å². The summed E-state index contributed by atoms with van der Waals surface area (Å²) in [6, 6.07) is 7.47. The van der Waals surface area contributed by atoms with Gasteiger partial charge in [-0.15, -0.1) is 0 Å². The second-order valence-electron chi connectivity index (χ2n) is 4.35. The number of benzene rings is 1. The van der Waals surface area contributed by atoms with Crippen LogP contribution in [-0.2, 0) is 11.2 Å². The van der Waals surface area contributed by atoms with Crippen molar-refractivity contribution in [2.45, 2.75) is 19.3 Å². The molecule has 1 aromatic carbocycles. The first-order valence-corrected chi connectivity index (χ1v) is 6.54. The number of rotatable bonds is 8. The van der Waals surface area contributed by atoms with Crippen LogP contribution in [-0.4, -0.2) is 32.1 Å². The van der Waals surface area contributed by atoms with Gasteiger partial charge in [0.05, 0.1) is 7.11 Å². The van der Waals surface area contributed by atoms with Crippen LogP contribution >= 0.6 is 0 Å². The molecule has 0 unspecified atom stereocenters. The lowest BCUT2D eigenvalue weighted by Gasteiger charge is -2.07. The minimum absolute atomic E-state index is 0.233. The Bertz CT molecular complexity index is 432. The van der Waals surface area contributed by atoms with Gasteiger partial charge in [0, 0.05) is 19.5 Å². The van der Waals surface area contributed by atoms with E-state index in [2.05, 4.69) is 10.6 Å². The van der Waals surface area contributed by atoms with E-state index in [4.69, 9.17) is 10.5 Å². The van der Waals surface area contributed by atoms with Gasteiger partial charge >= 0.3 is 6.03 Å². The molecule has 4 N–H and O–H groups in total. The van der Waals surface area contributed by atoms with Crippen LogP contribution in [0.5, 0.6) is 5.75 Å². The van der Waals surface area contributed by atoms with Gasteiger partial charge < -0.3 is 21.1 Å². The van der Waals surface area contributed by atoms with Gasteiger partial charge in [-0.3, -0.25) is 4.79 Å². The van der Waals surface area contributed by atoms with Crippen LogP contribution in [0.2, 0.25) is 0 Å². The average molecular weight is 279 g/mol. The van der Waals surface area contributed by atoms with Crippen LogP contribution in [0.3, 0.4) is 0 Å². The lowest BCUT2D eigenvalue weighted by atomic mass is 10.1. The standard InChI is InChI=1S/C14H21N3O3/c1-20-12-6-4-11(5-7-12)8-10-17-14(19)16-9-2-3-13(15)18/h4-7H,2-3,8-10H2,1H3,(H2,15,18)(H2,16,17,19). The Morgan fingerprint density at radius 2 is 1.80 bits per heavy atom. The highest BCUT2D eigenvalue weighted by Gasteiger charge is 2.00. The zero-order valence-electron chi connectivity index (χ0n) is 11.6. The predicted octanol–water partition coefficient (Wildman–Crippen LogP) is 0.802. The van der Waals surface area contributed by atoms with Crippen molar-refractivity contribution in [1.82, 2.24) is 10.6 Å². The molecule has 0 aliphatic carbocycles. The number of nitrogens with one attached hydrogen (secondary N) is 2. The first kappa shape index (κ1) is 15.8. The first-order chi connectivity index (χ1) is 9.61. The summed E-state index contributed by atoms with van der Waals surface area (Å²) in [7, 11) is 1.62. The minimum Gasteiger partial charge on any atom is -0.497 e. The molecule has 0 aromatic heterocycles. The topological polar surface area (TPSA) is 93.4 Å². The highest BCUT2D eigenvalue weighted by atomic mass is 16.5. The van der Waals surface area contributed by atoms with Gasteiger partial charge in [0.2, 0.25) is 5.91 Å². The smallest absolute Gasteiger partial charge is 0.314 e. The molecule has 0 atom stereocenters. The van der Waals surface area contributed by atoms with Gasteiger partial charge in [0.1, 0.15) is 5.75 Å². The van der Waals surface area contributed by atoms with E-state index < -0.39 is 0 Å². The summed E-state index contributed by atoms with van der Waals surface area (Å²) in [4.78, 5) is 21.9. The van der Waals surface area contributed by atoms with Gasteiger partial charge in [-0.25, -0.2) is 4.79 Å². The fraction of sp³-hybridized carbons (Fsp3) is 0.429. The Morgan fingerprint density at radius 1 is 1.15 bits per heavy atom. The number of urea groups is 1. The fourth-order valence-corrected chi connectivity index (χ4v) is 1.64. The van der Waals surface area contributed by atoms with Gasteiger partial charge in [0.25, 0.3) is 0 Å². The van der Waals surface area contributed by atoms with Crippen molar-refractivity contribution in [3.8, 4) is 5.75 Å². The summed E-state index contributed by atoms with van der Waals surface area (Å²) < 4.78 is 5.07. The van der Waals surface area contributed by atoms with E-state index in [1.165, 1.54) is 0 Å². The third-order valence-corrected chi connectivity index (χ3v) is 2.74. The van der Waals surface area contributed by atoms with Gasteiger partial charge in [-0.2, -0.15) is 0 Å². The summed E-state index contributed by atoms with van der Waals surface area (Å²) in [6.07, 6.45) is 1.59. The SMILES string of the molecule is COc1ccc(CCNC(=O)NCCCC(N)=O)cc1. The maximum Gasteiger partial charge on any atom is 0.314 e. The molecule has 6 heteroatoms. The van der Waals surface area contributed by atoms with Crippen LogP contribution in [0.4, 0.5) is 4.79 Å². The van der Waals surface area contributed by atoms with E-state index in [9.17, 15) is 9.59 Å². The zero-order valence-corrected chi connectivity index (χ0v) is 11.6. The molecule has 3 amide bonds. The molecule has 0 spiro atoms. The van der Waals surface area contributed by atoms with E-state index >= 15 is 0 Å². The average Bonchev–Trinajstić information content (AvgIpc) is 2.44. The molecule has 0 aliphatic heterocycles. The second-order valence-corrected chi connectivity index (χ2v) is 4.35. The van der Waals surface area contributed by atoms with Crippen LogP contribution in [0.25, 0.3) is 0 Å². The highest BCUT2D eigenvalue weighted by molar-refractivity contribution is 5.74. The molecule has 0 saturated carbocycles. The number of carbonyl (C=O) groups is 2. The Balaban J connectivity index is 2.13. The molecule has 6 nitrogen and oxygen atoms in total. The van der Waals surface area contributed by atoms with Crippen LogP contribution < -0.4 is 21.1 Å². The molecule has 0 bridgehead atoms. The normalized spacial score (nSPS) is 9.85. The number of ether oxygens (including phenoxy) is 1. The third kappa shape index (κ3) is 6.63. The Kier molecular flexibility index (Phi) is 6.95. The van der Waals surface area contributed by atoms with Crippen LogP contribution in [0, 0.1) is 0 Å². The van der Waals surface area contributed by atoms with Gasteiger partial charge in [0.15, 0.2) is 0 Å². The molecule has 0 heterocycles. The van der Waals surface area contributed by atoms with Crippen molar-refractivity contribution in [2.75, 3.05) is 20.2 Å². The van der Waals surface area contributed by atoms with Gasteiger partial charge in [-0.1, -0.05) is 12.1 Å². The van der Waals surface area contributed by atoms with Crippen molar-refractivity contribution in [3.05, 3.63) is 29.8 Å². The monoisotopic (exact) mass is 279 g/mol. The molecule has 20 heavy (non-hydrogen) atoms. The maximum absolute atomic E-state index is 11.4. The predicted molar refractivity (Wildman–Crippen MR) is 76.5 cm³/mol. The number of nitrogens with two attached hydrogens (primary N) is 1. The largest absolute Gasteiger partial charge is 0.497 e. The van der Waals surface area contributed by atoms with Crippen molar-refractivity contribution in [2.24, 2.45) is 5.73 Å². The molecular weight excluding hydrogens is 258 g/mol. The lowest BCUT2D eigenvalue weighted by molar-refractivity contribution is -0.118. The zero-order chi connectivity index (χ0) is 14.8. The number of methoxy groups -OCH3 is 1. The van der Waals surface area contributed by atoms with E-state index in [1.807, 2.05) is 24.3 Å². The molecule has 0 fully saturated rings. The van der Waals surface area contributed by atoms with E-state index in [1.54, 1.807) is 7.11 Å². The molecule has 0 radical (unpaired) electrons. The quantitative estimate of drug-likeness (QED) is 0.614. The summed E-state index contributed by atoms with van der Waals surface area (Å²) in [5.74, 6) is 0.459. The number of carbonyl (C=O) groups excluding carboxylic acids is 2. The maximum atomic E-state index is 11.4. The molecular formula is C14H21N3O3. The molecule has 110 valence electrons. The first-order valence-electron chi connectivity index (χ1n) is 6.54. The van der Waals surface area contributed by atoms with E-state index in [0.717, 1.165) is 17.7 Å². The highest BCUT2D eigenvalue weighted by Crippen LogP contribution is 2.11. The summed E-state index contributed by atoms with van der Waals surface area (Å²) in [5, 5.41) is 5.42. The van der Waals surface area contributed by atoms with Crippen LogP contribution in [0.1, 0.15) is 18.4 Å². The Morgan fingerprint density at radius 3 is 2.40 bits per heavy atom. The number of hydrogen-bond donors (Lipinski definition) is 3. The van der Waals surface area contributed by atoms with E-state index in [0.29, 0.717) is 19.5 Å². The fourth-order valence-electron chi connectivity index (χ4n) is 1.64. The summed E-state index contributed by atoms with van der Waals surface area (Å²) in [6.45, 7) is 0.991. The summed E-state index contributed by atoms with van der Waals surface area (Å²) in [5.41, 5.74) is 6.12. The molecule has 0 aliphatic rings. The van der Waals surface area contributed by atoms with Crippen molar-refractivity contribution < 1.29 is 14.3 Å². The third-order valence-electron chi connectivity index (χ3n) is 2.74. The number of primary amides is 1. The van der Waals surface area contributed by atoms with Crippen LogP contribution in [0.15, 0.2) is 24.3 Å². The van der Waals surface area contributed by atoms with Crippen molar-refractivity contribution in [3.63, 3.8) is 0 Å². The Hall–Kier alpha value is -2.24. The van der Waals surface area contributed by atoms with Gasteiger partial charge in [-0.05, 0) is 30.5 Å². The molecule has 1 rings (SSSR count). The minimum atomic E-state index is -0.355. The lowest BCUT2D eigenvalue weighted by Crippen LogP contribution is -2.37. The number of hydrogen-bond acceptors (Lipinski definition) is 3. The summed E-state index contributed by atoms with van der Waals surface area (Å²) >= 11 is 0. The molecule has 0 saturated heterocycles. The molecule has 1 aromatic rings. The van der Waals surface area contributed by atoms with Crippen molar-refractivity contribution >= 4 is 11.9 Å².